The van der Waals surface area contributed by atoms with Crippen LogP contribution in [-0.2, 0) is 14.8 Å². The van der Waals surface area contributed by atoms with Gasteiger partial charge in [0.2, 0.25) is 10.0 Å². The molecule has 3 rings (SSSR count). The van der Waals surface area contributed by atoms with Gasteiger partial charge in [0, 0.05) is 6.54 Å². The van der Waals surface area contributed by atoms with Gasteiger partial charge in [-0.3, -0.25) is 4.79 Å². The Hall–Kier alpha value is -2.50. The van der Waals surface area contributed by atoms with E-state index in [1.54, 1.807) is 24.3 Å². The molecule has 0 aromatic heterocycles. The van der Waals surface area contributed by atoms with E-state index in [9.17, 15) is 13.2 Å². The molecule has 0 bridgehead atoms. The first-order valence-electron chi connectivity index (χ1n) is 8.83. The number of sulfonamides is 1. The molecule has 5 heteroatoms. The lowest BCUT2D eigenvalue weighted by molar-refractivity contribution is -0.116. The highest BCUT2D eigenvalue weighted by atomic mass is 32.2. The largest absolute Gasteiger partial charge is 0.293 e. The summed E-state index contributed by atoms with van der Waals surface area (Å²) >= 11 is 0. The van der Waals surface area contributed by atoms with Gasteiger partial charge in [-0.25, -0.2) is 8.42 Å². The normalized spacial score (nSPS) is 17.4. The molecule has 0 saturated heterocycles. The van der Waals surface area contributed by atoms with Crippen LogP contribution in [-0.4, -0.2) is 31.1 Å². The third-order valence-electron chi connectivity index (χ3n) is 4.51. The smallest absolute Gasteiger partial charge is 0.244 e. The molecule has 0 fully saturated rings. The fourth-order valence-electron chi connectivity index (χ4n) is 3.21. The van der Waals surface area contributed by atoms with Gasteiger partial charge in [0.05, 0.1) is 4.90 Å². The predicted octanol–water partition coefficient (Wildman–Crippen LogP) is 3.99. The van der Waals surface area contributed by atoms with Gasteiger partial charge >= 0.3 is 0 Å². The van der Waals surface area contributed by atoms with Gasteiger partial charge in [-0.2, -0.15) is 4.31 Å². The Kier molecular flexibility index (Phi) is 5.44. The number of carbonyl (C=O) groups is 1. The Bertz CT molecular complexity index is 999. The summed E-state index contributed by atoms with van der Waals surface area (Å²) in [5.41, 5.74) is 3.41. The van der Waals surface area contributed by atoms with Gasteiger partial charge in [-0.05, 0) is 50.1 Å². The number of carbonyl (C=O) groups excluding carboxylic acids is 1. The number of nitrogens with zero attached hydrogens (tertiary/aromatic N) is 1. The number of ketones is 1. The lowest BCUT2D eigenvalue weighted by Gasteiger charge is -2.25. The molecular weight excluding hydrogens is 358 g/mol. The topological polar surface area (TPSA) is 54.5 Å². The van der Waals surface area contributed by atoms with Crippen LogP contribution in [0, 0.1) is 6.92 Å². The molecule has 1 unspecified atom stereocenters. The standard InChI is InChI=1S/C22H23NO3S/c1-16(2)15-21(24)22-20(18-7-5-4-6-8-18)13-14-23(22)27(25,26)19-11-9-17(3)10-12-19/h4-13,15,22H,14H2,1-3H3. The highest BCUT2D eigenvalue weighted by molar-refractivity contribution is 7.89. The van der Waals surface area contributed by atoms with Crippen molar-refractivity contribution in [3.8, 4) is 0 Å². The monoisotopic (exact) mass is 381 g/mol. The van der Waals surface area contributed by atoms with Crippen LogP contribution < -0.4 is 0 Å². The van der Waals surface area contributed by atoms with Crippen molar-refractivity contribution in [1.82, 2.24) is 4.31 Å². The van der Waals surface area contributed by atoms with Gasteiger partial charge in [-0.1, -0.05) is 59.7 Å². The van der Waals surface area contributed by atoms with E-state index in [0.29, 0.717) is 0 Å². The molecule has 140 valence electrons. The Morgan fingerprint density at radius 3 is 2.26 bits per heavy atom. The second-order valence-corrected chi connectivity index (χ2v) is 8.83. The van der Waals surface area contributed by atoms with Crippen LogP contribution in [0.25, 0.3) is 5.57 Å². The third-order valence-corrected chi connectivity index (χ3v) is 6.35. The number of allylic oxidation sites excluding steroid dienone is 1. The fraction of sp³-hybridized carbons (Fsp3) is 0.227. The first kappa shape index (κ1) is 19.3. The first-order valence-corrected chi connectivity index (χ1v) is 10.3. The zero-order chi connectivity index (χ0) is 19.6. The maximum atomic E-state index is 13.2. The van der Waals surface area contributed by atoms with Crippen molar-refractivity contribution in [3.63, 3.8) is 0 Å². The molecule has 2 aromatic rings. The van der Waals surface area contributed by atoms with E-state index in [0.717, 1.165) is 22.3 Å². The van der Waals surface area contributed by atoms with Gasteiger partial charge < -0.3 is 0 Å². The molecule has 1 aliphatic rings. The molecular formula is C22H23NO3S. The Labute approximate surface area is 160 Å². The van der Waals surface area contributed by atoms with E-state index in [4.69, 9.17) is 0 Å². The highest BCUT2D eigenvalue weighted by Crippen LogP contribution is 2.33. The number of hydrogen-bond donors (Lipinski definition) is 0. The maximum Gasteiger partial charge on any atom is 0.244 e. The van der Waals surface area contributed by atoms with Crippen molar-refractivity contribution in [1.29, 1.82) is 0 Å². The van der Waals surface area contributed by atoms with Crippen molar-refractivity contribution in [3.05, 3.63) is 83.4 Å². The minimum Gasteiger partial charge on any atom is -0.293 e. The Morgan fingerprint density at radius 1 is 1.04 bits per heavy atom. The predicted molar refractivity (Wildman–Crippen MR) is 108 cm³/mol. The number of aryl methyl sites for hydroxylation is 1. The van der Waals surface area contributed by atoms with Crippen LogP contribution >= 0.6 is 0 Å². The van der Waals surface area contributed by atoms with Crippen molar-refractivity contribution < 1.29 is 13.2 Å². The molecule has 0 spiro atoms. The molecule has 0 radical (unpaired) electrons. The van der Waals surface area contributed by atoms with E-state index < -0.39 is 16.1 Å². The molecule has 0 saturated carbocycles. The number of rotatable bonds is 5. The average Bonchev–Trinajstić information content (AvgIpc) is 3.08. The van der Waals surface area contributed by atoms with Crippen LogP contribution in [0.3, 0.4) is 0 Å². The van der Waals surface area contributed by atoms with Crippen LogP contribution in [0.15, 0.2) is 77.2 Å². The molecule has 1 atom stereocenters. The zero-order valence-electron chi connectivity index (χ0n) is 15.7. The van der Waals surface area contributed by atoms with Crippen LogP contribution in [0.5, 0.6) is 0 Å². The van der Waals surface area contributed by atoms with Gasteiger partial charge in [-0.15, -0.1) is 0 Å². The quantitative estimate of drug-likeness (QED) is 0.736. The lowest BCUT2D eigenvalue weighted by Crippen LogP contribution is -2.41. The minimum atomic E-state index is -3.80. The molecule has 1 aliphatic heterocycles. The summed E-state index contributed by atoms with van der Waals surface area (Å²) in [5.74, 6) is -0.224. The maximum absolute atomic E-state index is 13.2. The lowest BCUT2D eigenvalue weighted by atomic mass is 9.97. The number of hydrogen-bond acceptors (Lipinski definition) is 3. The zero-order valence-corrected chi connectivity index (χ0v) is 16.5. The van der Waals surface area contributed by atoms with Crippen molar-refractivity contribution in [2.45, 2.75) is 31.7 Å². The SMILES string of the molecule is CC(C)=CC(=O)C1C(c2ccccc2)=CCN1S(=O)(=O)c1ccc(C)cc1. The molecule has 4 nitrogen and oxygen atoms in total. The van der Waals surface area contributed by atoms with E-state index in [-0.39, 0.29) is 17.2 Å². The summed E-state index contributed by atoms with van der Waals surface area (Å²) in [7, 11) is -3.80. The van der Waals surface area contributed by atoms with Crippen LogP contribution in [0.2, 0.25) is 0 Å². The van der Waals surface area contributed by atoms with E-state index in [2.05, 4.69) is 0 Å². The summed E-state index contributed by atoms with van der Waals surface area (Å²) in [6.07, 6.45) is 3.35. The Balaban J connectivity index is 2.06. The minimum absolute atomic E-state index is 0.174. The van der Waals surface area contributed by atoms with Crippen molar-refractivity contribution in [2.75, 3.05) is 6.54 Å². The second-order valence-electron chi connectivity index (χ2n) is 6.94. The molecule has 0 aliphatic carbocycles. The van der Waals surface area contributed by atoms with E-state index in [1.807, 2.05) is 57.2 Å². The van der Waals surface area contributed by atoms with Crippen molar-refractivity contribution in [2.24, 2.45) is 0 Å². The van der Waals surface area contributed by atoms with Gasteiger partial charge in [0.1, 0.15) is 6.04 Å². The summed E-state index contributed by atoms with van der Waals surface area (Å²) in [6.45, 7) is 5.74. The molecule has 0 N–H and O–H groups in total. The average molecular weight is 381 g/mol. The second kappa shape index (κ2) is 7.62. The van der Waals surface area contributed by atoms with Gasteiger partial charge in [0.15, 0.2) is 5.78 Å². The highest BCUT2D eigenvalue weighted by Gasteiger charge is 2.40. The van der Waals surface area contributed by atoms with E-state index >= 15 is 0 Å². The molecule has 0 amide bonds. The molecule has 1 heterocycles. The van der Waals surface area contributed by atoms with Crippen molar-refractivity contribution >= 4 is 21.4 Å². The molecule has 2 aromatic carbocycles. The first-order chi connectivity index (χ1) is 12.8. The summed E-state index contributed by atoms with van der Waals surface area (Å²) in [4.78, 5) is 13.2. The Morgan fingerprint density at radius 2 is 1.67 bits per heavy atom. The summed E-state index contributed by atoms with van der Waals surface area (Å²) in [5, 5.41) is 0. The number of benzene rings is 2. The summed E-state index contributed by atoms with van der Waals surface area (Å²) < 4.78 is 27.8. The van der Waals surface area contributed by atoms with Gasteiger partial charge in [0.25, 0.3) is 0 Å². The van der Waals surface area contributed by atoms with Crippen LogP contribution in [0.1, 0.15) is 25.0 Å². The fourth-order valence-corrected chi connectivity index (χ4v) is 4.72. The molecule has 27 heavy (non-hydrogen) atoms. The van der Waals surface area contributed by atoms with Crippen LogP contribution in [0.4, 0.5) is 0 Å². The summed E-state index contributed by atoms with van der Waals surface area (Å²) in [6, 6.07) is 15.3. The van der Waals surface area contributed by atoms with E-state index in [1.165, 1.54) is 10.4 Å². The third kappa shape index (κ3) is 3.94.